The fourth-order valence-electron chi connectivity index (χ4n) is 4.12. The van der Waals surface area contributed by atoms with Gasteiger partial charge in [0.25, 0.3) is 0 Å². The van der Waals surface area contributed by atoms with Crippen LogP contribution in [0.15, 0.2) is 72.0 Å². The van der Waals surface area contributed by atoms with Crippen LogP contribution in [0.3, 0.4) is 0 Å². The van der Waals surface area contributed by atoms with Crippen molar-refractivity contribution in [2.45, 2.75) is 30.8 Å². The molecule has 1 amide bonds. The van der Waals surface area contributed by atoms with Gasteiger partial charge in [0, 0.05) is 44.0 Å². The zero-order valence-electron chi connectivity index (χ0n) is 20.4. The molecule has 1 saturated heterocycles. The maximum Gasteiger partial charge on any atom is 0.230 e. The summed E-state index contributed by atoms with van der Waals surface area (Å²) in [6.45, 7) is 5.66. The number of carbonyl (C=O) groups excluding carboxylic acids is 1. The van der Waals surface area contributed by atoms with Gasteiger partial charge in [-0.25, -0.2) is 9.97 Å². The average molecular weight is 492 g/mol. The number of hydrogen-bond acceptors (Lipinski definition) is 7. The third kappa shape index (κ3) is 7.36. The number of nitrogens with zero attached hydrogens (tertiary/aromatic N) is 4. The van der Waals surface area contributed by atoms with E-state index in [4.69, 9.17) is 4.74 Å². The second-order valence-corrected chi connectivity index (χ2v) is 9.66. The van der Waals surface area contributed by atoms with Gasteiger partial charge in [-0.3, -0.25) is 4.79 Å². The summed E-state index contributed by atoms with van der Waals surface area (Å²) < 4.78 is 5.26. The van der Waals surface area contributed by atoms with E-state index in [9.17, 15) is 4.79 Å². The van der Waals surface area contributed by atoms with Gasteiger partial charge in [0.2, 0.25) is 5.91 Å². The molecule has 184 valence electrons. The minimum Gasteiger partial charge on any atom is -0.497 e. The number of rotatable bonds is 10. The number of aryl methyl sites for hydroxylation is 1. The topological polar surface area (TPSA) is 70.6 Å². The minimum atomic E-state index is 0.0313. The van der Waals surface area contributed by atoms with Gasteiger partial charge < -0.3 is 19.9 Å². The zero-order chi connectivity index (χ0) is 24.5. The lowest BCUT2D eigenvalue weighted by Crippen LogP contribution is -2.46. The molecule has 0 saturated carbocycles. The highest BCUT2D eigenvalue weighted by Crippen LogP contribution is 2.24. The van der Waals surface area contributed by atoms with E-state index in [1.165, 1.54) is 23.0 Å². The van der Waals surface area contributed by atoms with Crippen molar-refractivity contribution < 1.29 is 9.53 Å². The number of aromatic nitrogens is 2. The number of benzene rings is 2. The van der Waals surface area contributed by atoms with Crippen molar-refractivity contribution in [2.75, 3.05) is 48.8 Å². The lowest BCUT2D eigenvalue weighted by atomic mass is 10.1. The Hall–Kier alpha value is -3.26. The maximum absolute atomic E-state index is 12.4. The molecule has 1 atom stereocenters. The van der Waals surface area contributed by atoms with E-state index in [1.807, 2.05) is 36.4 Å². The van der Waals surface area contributed by atoms with Crippen molar-refractivity contribution in [1.82, 2.24) is 15.3 Å². The van der Waals surface area contributed by atoms with E-state index >= 15 is 0 Å². The van der Waals surface area contributed by atoms with Gasteiger partial charge in [0.1, 0.15) is 22.9 Å². The Morgan fingerprint density at radius 2 is 1.74 bits per heavy atom. The van der Waals surface area contributed by atoms with Crippen LogP contribution in [0.25, 0.3) is 0 Å². The second-order valence-electron chi connectivity index (χ2n) is 8.67. The van der Waals surface area contributed by atoms with Crippen molar-refractivity contribution in [3.63, 3.8) is 0 Å². The first-order chi connectivity index (χ1) is 17.1. The summed E-state index contributed by atoms with van der Waals surface area (Å²) in [5.74, 6) is 2.16. The van der Waals surface area contributed by atoms with Gasteiger partial charge in [-0.05, 0) is 49.6 Å². The van der Waals surface area contributed by atoms with Crippen LogP contribution >= 0.6 is 11.8 Å². The molecule has 0 bridgehead atoms. The van der Waals surface area contributed by atoms with E-state index < -0.39 is 0 Å². The van der Waals surface area contributed by atoms with Crippen LogP contribution in [-0.2, 0) is 11.2 Å². The minimum absolute atomic E-state index is 0.0313. The summed E-state index contributed by atoms with van der Waals surface area (Å²) in [6, 6.07) is 20.7. The first-order valence-electron chi connectivity index (χ1n) is 12.0. The molecule has 2 aromatic carbocycles. The Morgan fingerprint density at radius 1 is 1.03 bits per heavy atom. The highest BCUT2D eigenvalue weighted by atomic mass is 32.2. The van der Waals surface area contributed by atoms with Crippen LogP contribution in [0.4, 0.5) is 11.5 Å². The lowest BCUT2D eigenvalue weighted by Gasteiger charge is -2.36. The molecule has 35 heavy (non-hydrogen) atoms. The molecule has 1 fully saturated rings. The first-order valence-corrected chi connectivity index (χ1v) is 13.0. The summed E-state index contributed by atoms with van der Waals surface area (Å²) in [7, 11) is 1.68. The fourth-order valence-corrected chi connectivity index (χ4v) is 4.80. The standard InChI is InChI=1S/C27H33N5O2S/c1-21(8-9-22-6-4-3-5-7-22)30-26(33)19-35-27-18-25(28-20-29-27)32-16-14-31(15-17-32)23-10-12-24(34-2)13-11-23/h3-7,10-13,18,20-21H,8-9,14-17,19H2,1-2H3,(H,30,33)/t21-/m0/s1. The van der Waals surface area contributed by atoms with Crippen LogP contribution < -0.4 is 19.9 Å². The molecule has 4 rings (SSSR count). The van der Waals surface area contributed by atoms with Gasteiger partial charge in [0.05, 0.1) is 12.9 Å². The molecular weight excluding hydrogens is 458 g/mol. The summed E-state index contributed by atoms with van der Waals surface area (Å²) in [4.78, 5) is 25.9. The highest BCUT2D eigenvalue weighted by molar-refractivity contribution is 7.99. The molecule has 7 nitrogen and oxygen atoms in total. The first kappa shape index (κ1) is 24.9. The van der Waals surface area contributed by atoms with E-state index in [-0.39, 0.29) is 11.9 Å². The van der Waals surface area contributed by atoms with Gasteiger partial charge in [0.15, 0.2) is 0 Å². The molecule has 1 aromatic heterocycles. The molecule has 0 unspecified atom stereocenters. The van der Waals surface area contributed by atoms with Crippen molar-refractivity contribution in [3.8, 4) is 5.75 Å². The molecule has 3 aromatic rings. The molecule has 1 N–H and O–H groups in total. The molecule has 1 aliphatic heterocycles. The number of methoxy groups -OCH3 is 1. The molecule has 0 spiro atoms. The lowest BCUT2D eigenvalue weighted by molar-refractivity contribution is -0.119. The molecule has 2 heterocycles. The number of anilines is 2. The Labute approximate surface area is 211 Å². The Balaban J connectivity index is 1.22. The summed E-state index contributed by atoms with van der Waals surface area (Å²) in [5, 5.41) is 3.92. The number of carbonyl (C=O) groups is 1. The third-order valence-electron chi connectivity index (χ3n) is 6.14. The number of amides is 1. The predicted molar refractivity (Wildman–Crippen MR) is 143 cm³/mol. The van der Waals surface area contributed by atoms with Gasteiger partial charge >= 0.3 is 0 Å². The quantitative estimate of drug-likeness (QED) is 0.339. The highest BCUT2D eigenvalue weighted by Gasteiger charge is 2.19. The van der Waals surface area contributed by atoms with E-state index in [2.05, 4.69) is 56.3 Å². The van der Waals surface area contributed by atoms with Crippen LogP contribution in [0.1, 0.15) is 18.9 Å². The fraction of sp³-hybridized carbons (Fsp3) is 0.370. The van der Waals surface area contributed by atoms with Crippen molar-refractivity contribution in [2.24, 2.45) is 0 Å². The monoisotopic (exact) mass is 491 g/mol. The number of piperazine rings is 1. The Kier molecular flexibility index (Phi) is 8.84. The maximum atomic E-state index is 12.4. The van der Waals surface area contributed by atoms with E-state index in [0.717, 1.165) is 55.6 Å². The van der Waals surface area contributed by atoms with Crippen molar-refractivity contribution in [1.29, 1.82) is 0 Å². The molecular formula is C27H33N5O2S. The molecule has 1 aliphatic rings. The van der Waals surface area contributed by atoms with E-state index in [0.29, 0.717) is 5.75 Å². The van der Waals surface area contributed by atoms with Crippen LogP contribution in [0.5, 0.6) is 5.75 Å². The van der Waals surface area contributed by atoms with E-state index in [1.54, 1.807) is 13.4 Å². The van der Waals surface area contributed by atoms with Gasteiger partial charge in [-0.2, -0.15) is 0 Å². The summed E-state index contributed by atoms with van der Waals surface area (Å²) in [5.41, 5.74) is 2.50. The normalized spacial score (nSPS) is 14.5. The van der Waals surface area contributed by atoms with Gasteiger partial charge in [-0.1, -0.05) is 42.1 Å². The largest absolute Gasteiger partial charge is 0.497 e. The summed E-state index contributed by atoms with van der Waals surface area (Å²) >= 11 is 1.45. The van der Waals surface area contributed by atoms with Crippen molar-refractivity contribution in [3.05, 3.63) is 72.6 Å². The Bertz CT molecular complexity index is 1070. The number of hydrogen-bond donors (Lipinski definition) is 1. The number of thioether (sulfide) groups is 1. The predicted octanol–water partition coefficient (Wildman–Crippen LogP) is 4.04. The van der Waals surface area contributed by atoms with Crippen molar-refractivity contribution >= 4 is 29.2 Å². The molecule has 0 aliphatic carbocycles. The average Bonchev–Trinajstić information content (AvgIpc) is 2.92. The second kappa shape index (κ2) is 12.4. The third-order valence-corrected chi connectivity index (χ3v) is 7.06. The zero-order valence-corrected chi connectivity index (χ0v) is 21.2. The smallest absolute Gasteiger partial charge is 0.230 e. The van der Waals surface area contributed by atoms with Gasteiger partial charge in [-0.15, -0.1) is 0 Å². The number of nitrogens with one attached hydrogen (secondary N) is 1. The Morgan fingerprint density at radius 3 is 2.46 bits per heavy atom. The SMILES string of the molecule is COc1ccc(N2CCN(c3cc(SCC(=O)N[C@@H](C)CCc4ccccc4)ncn3)CC2)cc1. The number of ether oxygens (including phenoxy) is 1. The molecule has 8 heteroatoms. The van der Waals surface area contributed by atoms with Crippen LogP contribution in [0.2, 0.25) is 0 Å². The van der Waals surface area contributed by atoms with Crippen LogP contribution in [0, 0.1) is 0 Å². The molecule has 0 radical (unpaired) electrons. The summed E-state index contributed by atoms with van der Waals surface area (Å²) in [6.07, 6.45) is 3.46. The van der Waals surface area contributed by atoms with Crippen LogP contribution in [-0.4, -0.2) is 61.0 Å².